The van der Waals surface area contributed by atoms with Gasteiger partial charge in [0.25, 0.3) is 0 Å². The van der Waals surface area contributed by atoms with Crippen molar-refractivity contribution in [3.05, 3.63) is 54.1 Å². The number of hydrogen-bond acceptors (Lipinski definition) is 5. The number of pyridine rings is 1. The summed E-state index contributed by atoms with van der Waals surface area (Å²) in [7, 11) is -2.67. The highest BCUT2D eigenvalue weighted by atomic mass is 32.2. The van der Waals surface area contributed by atoms with E-state index in [1.165, 1.54) is 7.11 Å². The van der Waals surface area contributed by atoms with E-state index in [1.54, 1.807) is 0 Å². The molecule has 27 heavy (non-hydrogen) atoms. The number of aromatic nitrogens is 1. The van der Waals surface area contributed by atoms with Gasteiger partial charge in [-0.3, -0.25) is 0 Å². The zero-order valence-electron chi connectivity index (χ0n) is 14.1. The highest BCUT2D eigenvalue weighted by Crippen LogP contribution is 2.25. The lowest BCUT2D eigenvalue weighted by atomic mass is 10.0. The largest absolute Gasteiger partial charge is 0.741 e. The average molecular weight is 401 g/mol. The summed E-state index contributed by atoms with van der Waals surface area (Å²) in [6, 6.07) is 15.7. The highest BCUT2D eigenvalue weighted by molar-refractivity contribution is 7.86. The van der Waals surface area contributed by atoms with Gasteiger partial charge < -0.3 is 9.29 Å². The Bertz CT molecular complexity index is 1050. The molecule has 0 aliphatic heterocycles. The summed E-state index contributed by atoms with van der Waals surface area (Å²) in [6.07, 6.45) is 0. The molecule has 0 radical (unpaired) electrons. The zero-order chi connectivity index (χ0) is 20.4. The van der Waals surface area contributed by atoms with Crippen LogP contribution in [-0.2, 0) is 21.9 Å². The maximum absolute atomic E-state index is 12.1. The Morgan fingerprint density at radius 2 is 1.37 bits per heavy atom. The number of para-hydroxylation sites is 2. The van der Waals surface area contributed by atoms with Crippen LogP contribution >= 0.6 is 0 Å². The molecule has 6 nitrogen and oxygen atoms in total. The predicted molar refractivity (Wildman–Crippen MR) is 89.7 cm³/mol. The van der Waals surface area contributed by atoms with Crippen LogP contribution in [0, 0.1) is 0 Å². The van der Waals surface area contributed by atoms with Crippen LogP contribution in [0.4, 0.5) is 13.2 Å². The van der Waals surface area contributed by atoms with E-state index < -0.39 is 15.6 Å². The molecule has 0 N–H and O–H groups in total. The van der Waals surface area contributed by atoms with Crippen LogP contribution in [0.2, 0.25) is 0 Å². The molecular weight excluding hydrogens is 387 g/mol. The minimum atomic E-state index is -6.09. The second-order valence-corrected chi connectivity index (χ2v) is 6.73. The smallest absolute Gasteiger partial charge is 0.485 e. The average Bonchev–Trinajstić information content (AvgIpc) is 2.60. The van der Waals surface area contributed by atoms with Crippen LogP contribution in [0.25, 0.3) is 21.8 Å². The zero-order valence-corrected chi connectivity index (χ0v) is 15.0. The van der Waals surface area contributed by atoms with Crippen molar-refractivity contribution in [1.82, 2.24) is 0 Å². The molecule has 0 unspecified atom stereocenters. The molecule has 0 spiro atoms. The maximum atomic E-state index is 12.1. The van der Waals surface area contributed by atoms with Gasteiger partial charge in [0, 0.05) is 12.1 Å². The van der Waals surface area contributed by atoms with E-state index in [1.807, 2.05) is 55.6 Å². The molecule has 0 amide bonds. The Balaban J connectivity index is 0.000000279. The number of aryl methyl sites for hydroxylation is 1. The summed E-state index contributed by atoms with van der Waals surface area (Å²) in [4.78, 5) is 12.1. The maximum Gasteiger partial charge on any atom is 0.485 e. The Labute approximate surface area is 152 Å². The van der Waals surface area contributed by atoms with Crippen molar-refractivity contribution < 1.29 is 40.2 Å². The van der Waals surface area contributed by atoms with Gasteiger partial charge in [0.05, 0.1) is 23.4 Å². The summed E-state index contributed by atoms with van der Waals surface area (Å²) in [5, 5.41) is 1.83. The minimum absolute atomic E-state index is 0.298. The number of alkyl halides is 3. The molecule has 1 heterocycles. The predicted octanol–water partition coefficient (Wildman–Crippen LogP) is 2.66. The van der Waals surface area contributed by atoms with E-state index in [0.717, 1.165) is 21.8 Å². The number of fused-ring (bicyclic) bond motifs is 2. The normalized spacial score (nSPS) is 11.8. The van der Waals surface area contributed by atoms with Gasteiger partial charge in [-0.25, -0.2) is 13.2 Å². The first kappa shape index (κ1) is 20.6. The van der Waals surface area contributed by atoms with Gasteiger partial charge in [0.15, 0.2) is 10.1 Å². The highest BCUT2D eigenvalue weighted by Gasteiger charge is 2.36. The summed E-state index contributed by atoms with van der Waals surface area (Å²) in [5.74, 6) is -0.298. The fourth-order valence-electron chi connectivity index (χ4n) is 2.55. The summed E-state index contributed by atoms with van der Waals surface area (Å²) < 4.78 is 65.9. The molecule has 144 valence electrons. The lowest BCUT2D eigenvalue weighted by Gasteiger charge is -2.08. The molecule has 0 fully saturated rings. The van der Waals surface area contributed by atoms with Crippen molar-refractivity contribution in [2.24, 2.45) is 7.05 Å². The second kappa shape index (κ2) is 7.49. The van der Waals surface area contributed by atoms with Gasteiger partial charge in [0.1, 0.15) is 7.05 Å². The first-order chi connectivity index (χ1) is 12.5. The topological polar surface area (TPSA) is 87.4 Å². The van der Waals surface area contributed by atoms with E-state index in [0.29, 0.717) is 5.56 Å². The third kappa shape index (κ3) is 4.17. The molecule has 2 aromatic carbocycles. The number of nitrogens with zero attached hydrogens (tertiary/aromatic N) is 1. The fourth-order valence-corrected chi connectivity index (χ4v) is 2.55. The first-order valence-electron chi connectivity index (χ1n) is 7.39. The van der Waals surface area contributed by atoms with Crippen LogP contribution < -0.4 is 4.57 Å². The van der Waals surface area contributed by atoms with E-state index in [4.69, 9.17) is 17.7 Å². The van der Waals surface area contributed by atoms with Gasteiger partial charge in [-0.1, -0.05) is 24.3 Å². The molecule has 0 saturated carbocycles. The molecule has 0 aliphatic carbocycles. The van der Waals surface area contributed by atoms with Crippen molar-refractivity contribution in [1.29, 1.82) is 0 Å². The molecule has 1 aromatic heterocycles. The number of benzene rings is 2. The van der Waals surface area contributed by atoms with Crippen LogP contribution in [0.1, 0.15) is 10.4 Å². The molecule has 0 atom stereocenters. The molecule has 3 aromatic rings. The van der Waals surface area contributed by atoms with Crippen LogP contribution in [0.15, 0.2) is 48.5 Å². The van der Waals surface area contributed by atoms with E-state index in [-0.39, 0.29) is 5.97 Å². The van der Waals surface area contributed by atoms with E-state index >= 15 is 0 Å². The van der Waals surface area contributed by atoms with Crippen molar-refractivity contribution >= 4 is 37.9 Å². The number of carbonyl (C=O) groups is 1. The Kier molecular flexibility index (Phi) is 5.71. The SMILES string of the molecule is COC(=O)c1c2ccccc2[n+](C)c2ccccc12.O=S(=O)([O-])C(F)(F)F. The number of halogens is 3. The van der Waals surface area contributed by atoms with Crippen molar-refractivity contribution in [2.75, 3.05) is 7.11 Å². The minimum Gasteiger partial charge on any atom is -0.741 e. The van der Waals surface area contributed by atoms with Crippen LogP contribution in [0.3, 0.4) is 0 Å². The third-order valence-electron chi connectivity index (χ3n) is 3.74. The monoisotopic (exact) mass is 401 g/mol. The number of methoxy groups -OCH3 is 1. The van der Waals surface area contributed by atoms with Gasteiger partial charge in [0.2, 0.25) is 11.0 Å². The number of hydrogen-bond donors (Lipinski definition) is 0. The number of ether oxygens (including phenoxy) is 1. The molecule has 0 aliphatic rings. The second-order valence-electron chi connectivity index (χ2n) is 5.36. The summed E-state index contributed by atoms with van der Waals surface area (Å²) >= 11 is 0. The molecule has 0 saturated heterocycles. The van der Waals surface area contributed by atoms with Gasteiger partial charge in [-0.2, -0.15) is 17.7 Å². The standard InChI is InChI=1S/C16H14NO2.CHF3O3S/c1-17-13-9-5-3-7-11(13)15(16(18)19-2)12-8-4-6-10-14(12)17;2-1(3,4)8(5,6)7/h3-10H,1-2H3;(H,5,6,7)/q+1;/p-1. The number of carbonyl (C=O) groups excluding carboxylic acids is 1. The molecule has 10 heteroatoms. The summed E-state index contributed by atoms with van der Waals surface area (Å²) in [6.45, 7) is 0. The first-order valence-corrected chi connectivity index (χ1v) is 8.79. The van der Waals surface area contributed by atoms with Crippen LogP contribution in [0.5, 0.6) is 0 Å². The van der Waals surface area contributed by atoms with E-state index in [9.17, 15) is 18.0 Å². The summed E-state index contributed by atoms with van der Waals surface area (Å²) in [5.41, 5.74) is -2.98. The molecule has 0 bridgehead atoms. The van der Waals surface area contributed by atoms with Gasteiger partial charge >= 0.3 is 11.5 Å². The fraction of sp³-hybridized carbons (Fsp3) is 0.176. The third-order valence-corrected chi connectivity index (χ3v) is 4.31. The molecule has 3 rings (SSSR count). The Morgan fingerprint density at radius 3 is 1.70 bits per heavy atom. The van der Waals surface area contributed by atoms with Gasteiger partial charge in [-0.15, -0.1) is 0 Å². The Hall–Kier alpha value is -2.72. The quantitative estimate of drug-likeness (QED) is 0.206. The number of esters is 1. The lowest BCUT2D eigenvalue weighted by molar-refractivity contribution is -0.617. The van der Waals surface area contributed by atoms with Crippen molar-refractivity contribution in [2.45, 2.75) is 5.51 Å². The lowest BCUT2D eigenvalue weighted by Crippen LogP contribution is -2.31. The van der Waals surface area contributed by atoms with Gasteiger partial charge in [-0.05, 0) is 12.1 Å². The van der Waals surface area contributed by atoms with Crippen molar-refractivity contribution in [3.63, 3.8) is 0 Å². The Morgan fingerprint density at radius 1 is 1.00 bits per heavy atom. The molecular formula is C17H14F3NO5S. The number of rotatable bonds is 1. The van der Waals surface area contributed by atoms with Crippen LogP contribution in [-0.4, -0.2) is 31.6 Å². The van der Waals surface area contributed by atoms with E-state index in [2.05, 4.69) is 4.57 Å². The van der Waals surface area contributed by atoms with Crippen molar-refractivity contribution in [3.8, 4) is 0 Å².